The Kier molecular flexibility index (Phi) is 8.04. The van der Waals surface area contributed by atoms with E-state index >= 15 is 0 Å². The van der Waals surface area contributed by atoms with Crippen LogP contribution in [-0.4, -0.2) is 60.1 Å². The van der Waals surface area contributed by atoms with Crippen molar-refractivity contribution in [1.29, 1.82) is 0 Å². The molecule has 3 heterocycles. The van der Waals surface area contributed by atoms with Crippen molar-refractivity contribution in [1.82, 2.24) is 20.5 Å². The molecule has 2 aliphatic rings. The summed E-state index contributed by atoms with van der Waals surface area (Å²) in [6.45, 7) is 1.59. The van der Waals surface area contributed by atoms with Crippen molar-refractivity contribution in [3.8, 4) is 0 Å². The van der Waals surface area contributed by atoms with Gasteiger partial charge in [0, 0.05) is 63.1 Å². The number of amides is 1. The Labute approximate surface area is 229 Å². The fourth-order valence-corrected chi connectivity index (χ4v) is 5.56. The number of aromatic nitrogens is 1. The van der Waals surface area contributed by atoms with Crippen LogP contribution in [0.25, 0.3) is 0 Å². The van der Waals surface area contributed by atoms with Crippen molar-refractivity contribution in [2.45, 2.75) is 37.1 Å². The quantitative estimate of drug-likeness (QED) is 0.426. The third-order valence-electron chi connectivity index (χ3n) is 7.59. The monoisotopic (exact) mass is 559 g/mol. The van der Waals surface area contributed by atoms with Gasteiger partial charge in [-0.25, -0.2) is 13.8 Å². The summed E-state index contributed by atoms with van der Waals surface area (Å²) in [7, 11) is 0. The van der Waals surface area contributed by atoms with E-state index < -0.39 is 28.9 Å². The summed E-state index contributed by atoms with van der Waals surface area (Å²) in [5.41, 5.74) is -0.433. The molecule has 212 valence electrons. The van der Waals surface area contributed by atoms with Gasteiger partial charge in [-0.3, -0.25) is 4.79 Å². The van der Waals surface area contributed by atoms with Gasteiger partial charge in [-0.05, 0) is 36.6 Å². The van der Waals surface area contributed by atoms with E-state index in [1.54, 1.807) is 9.80 Å². The zero-order chi connectivity index (χ0) is 28.3. The van der Waals surface area contributed by atoms with Crippen LogP contribution in [0.2, 0.25) is 0 Å². The number of benzene rings is 2. The average Bonchev–Trinajstić information content (AvgIpc) is 3.36. The van der Waals surface area contributed by atoms with Crippen LogP contribution in [0.15, 0.2) is 66.9 Å². The van der Waals surface area contributed by atoms with Gasteiger partial charge in [-0.15, -0.1) is 0 Å². The van der Waals surface area contributed by atoms with Gasteiger partial charge >= 0.3 is 6.18 Å². The van der Waals surface area contributed by atoms with Crippen molar-refractivity contribution < 1.29 is 26.7 Å². The number of anilines is 1. The van der Waals surface area contributed by atoms with Gasteiger partial charge in [-0.2, -0.15) is 13.2 Å². The molecule has 0 unspecified atom stereocenters. The Hall–Kier alpha value is -3.57. The summed E-state index contributed by atoms with van der Waals surface area (Å²) in [6, 6.07) is 15.2. The number of hydrogen-bond acceptors (Lipinski definition) is 5. The van der Waals surface area contributed by atoms with E-state index in [0.717, 1.165) is 17.7 Å². The minimum Gasteiger partial charge on any atom is -0.353 e. The number of nitrogens with one attached hydrogen (secondary N) is 2. The van der Waals surface area contributed by atoms with E-state index in [9.17, 15) is 26.7 Å². The number of alkyl halides is 3. The Morgan fingerprint density at radius 2 is 1.77 bits per heavy atom. The number of hydrogen-bond donors (Lipinski definition) is 2. The molecule has 2 N–H and O–H groups in total. The van der Waals surface area contributed by atoms with E-state index in [1.165, 1.54) is 24.4 Å². The maximum atomic E-state index is 14.2. The van der Waals surface area contributed by atoms with E-state index in [4.69, 9.17) is 0 Å². The lowest BCUT2D eigenvalue weighted by molar-refractivity contribution is -0.139. The maximum Gasteiger partial charge on any atom is 0.419 e. The highest BCUT2D eigenvalue weighted by Crippen LogP contribution is 2.36. The van der Waals surface area contributed by atoms with Crippen LogP contribution in [-0.2, 0) is 23.9 Å². The molecule has 2 aliphatic heterocycles. The highest BCUT2D eigenvalue weighted by atomic mass is 19.4. The summed E-state index contributed by atoms with van der Waals surface area (Å²) >= 11 is 0. The minimum absolute atomic E-state index is 0.120. The number of piperazine rings is 1. The van der Waals surface area contributed by atoms with E-state index in [1.807, 2.05) is 30.3 Å². The zero-order valence-electron chi connectivity index (χ0n) is 21.7. The summed E-state index contributed by atoms with van der Waals surface area (Å²) < 4.78 is 68.0. The number of nitrogens with zero attached hydrogens (tertiary/aromatic N) is 3. The second-order valence-corrected chi connectivity index (χ2v) is 10.3. The largest absolute Gasteiger partial charge is 0.419 e. The first-order valence-corrected chi connectivity index (χ1v) is 13.2. The first-order chi connectivity index (χ1) is 19.1. The molecule has 1 amide bonds. The predicted molar refractivity (Wildman–Crippen MR) is 141 cm³/mol. The lowest BCUT2D eigenvalue weighted by Crippen LogP contribution is -2.60. The zero-order valence-corrected chi connectivity index (χ0v) is 21.7. The van der Waals surface area contributed by atoms with Crippen LogP contribution >= 0.6 is 0 Å². The molecule has 0 bridgehead atoms. The van der Waals surface area contributed by atoms with E-state index in [0.29, 0.717) is 24.9 Å². The normalized spacial score (nSPS) is 21.6. The van der Waals surface area contributed by atoms with Gasteiger partial charge in [0.25, 0.3) is 0 Å². The summed E-state index contributed by atoms with van der Waals surface area (Å²) in [5, 5.41) is 6.70. The molecule has 40 heavy (non-hydrogen) atoms. The summed E-state index contributed by atoms with van der Waals surface area (Å²) in [4.78, 5) is 21.3. The van der Waals surface area contributed by atoms with Crippen molar-refractivity contribution in [3.05, 3.63) is 95.2 Å². The number of halogens is 5. The van der Waals surface area contributed by atoms with Crippen LogP contribution in [0, 0.1) is 11.6 Å². The van der Waals surface area contributed by atoms with Gasteiger partial charge in [0.15, 0.2) is 0 Å². The van der Waals surface area contributed by atoms with Gasteiger partial charge in [0.2, 0.25) is 5.91 Å². The predicted octanol–water partition coefficient (Wildman–Crippen LogP) is 4.16. The average molecular weight is 560 g/mol. The first kappa shape index (κ1) is 28.0. The third-order valence-corrected chi connectivity index (χ3v) is 7.59. The fourth-order valence-electron chi connectivity index (χ4n) is 5.56. The fraction of sp³-hybridized carbons (Fsp3) is 0.379. The van der Waals surface area contributed by atoms with Crippen LogP contribution in [0.3, 0.4) is 0 Å². The molecule has 2 saturated heterocycles. The summed E-state index contributed by atoms with van der Waals surface area (Å²) in [5.74, 6) is -1.53. The first-order valence-electron chi connectivity index (χ1n) is 13.2. The van der Waals surface area contributed by atoms with Crippen molar-refractivity contribution in [2.24, 2.45) is 0 Å². The Morgan fingerprint density at radius 3 is 2.48 bits per heavy atom. The molecule has 6 nitrogen and oxygen atoms in total. The molecule has 2 fully saturated rings. The van der Waals surface area contributed by atoms with E-state index in [2.05, 4.69) is 15.6 Å². The van der Waals surface area contributed by atoms with Gasteiger partial charge in [0.05, 0.1) is 5.56 Å². The van der Waals surface area contributed by atoms with Crippen LogP contribution in [0.5, 0.6) is 0 Å². The third kappa shape index (κ3) is 6.10. The molecule has 0 spiro atoms. The molecule has 11 heteroatoms. The van der Waals surface area contributed by atoms with Crippen LogP contribution < -0.4 is 15.5 Å². The molecule has 1 aromatic heterocycles. The minimum atomic E-state index is -4.52. The number of carbonyl (C=O) groups is 1. The number of carbonyl (C=O) groups excluding carboxylic acids is 1. The molecule has 0 saturated carbocycles. The molecule has 2 aromatic carbocycles. The molecule has 2 atom stereocenters. The Morgan fingerprint density at radius 1 is 1.02 bits per heavy atom. The molecule has 3 aromatic rings. The Bertz CT molecular complexity index is 1330. The SMILES string of the molecule is O=C(N1CCN(c2ncccc2C(F)(F)F)CC1)[C@]1(Cc2ccccc2)C[C@H](NCc2ccc(F)cc2F)CN1. The summed E-state index contributed by atoms with van der Waals surface area (Å²) in [6.07, 6.45) is -2.33. The van der Waals surface area contributed by atoms with Crippen LogP contribution in [0.4, 0.5) is 27.8 Å². The number of rotatable bonds is 7. The lowest BCUT2D eigenvalue weighted by Gasteiger charge is -2.40. The Balaban J connectivity index is 1.29. The van der Waals surface area contributed by atoms with Gasteiger partial charge < -0.3 is 20.4 Å². The van der Waals surface area contributed by atoms with E-state index in [-0.39, 0.29) is 50.5 Å². The topological polar surface area (TPSA) is 60.5 Å². The second kappa shape index (κ2) is 11.5. The molecular weight excluding hydrogens is 529 g/mol. The van der Waals surface area contributed by atoms with Crippen molar-refractivity contribution >= 4 is 11.7 Å². The van der Waals surface area contributed by atoms with Crippen LogP contribution in [0.1, 0.15) is 23.1 Å². The standard InChI is InChI=1S/C29H30F5N5O/c30-22-9-8-21(25(31)15-22)18-36-23-17-28(37-19-23,16-20-5-2-1-3-6-20)27(40)39-13-11-38(12-14-39)26-24(29(32,33)34)7-4-10-35-26/h1-10,15,23,36-37H,11-14,16-19H2/t23-,28-/m0/s1. The smallest absolute Gasteiger partial charge is 0.353 e. The van der Waals surface area contributed by atoms with Crippen molar-refractivity contribution in [3.63, 3.8) is 0 Å². The molecular formula is C29H30F5N5O. The highest BCUT2D eigenvalue weighted by molar-refractivity contribution is 5.87. The van der Waals surface area contributed by atoms with Crippen molar-refractivity contribution in [2.75, 3.05) is 37.6 Å². The lowest BCUT2D eigenvalue weighted by atomic mass is 9.86. The van der Waals surface area contributed by atoms with Gasteiger partial charge in [-0.1, -0.05) is 36.4 Å². The maximum absolute atomic E-state index is 14.2. The molecule has 0 radical (unpaired) electrons. The van der Waals surface area contributed by atoms with Gasteiger partial charge in [0.1, 0.15) is 23.0 Å². The number of pyridine rings is 1. The second-order valence-electron chi connectivity index (χ2n) is 10.3. The highest BCUT2D eigenvalue weighted by Gasteiger charge is 2.47. The molecule has 5 rings (SSSR count). The molecule has 0 aliphatic carbocycles.